The molecule has 0 aliphatic heterocycles. The molecule has 0 fully saturated rings. The van der Waals surface area contributed by atoms with Crippen LogP contribution >= 0.6 is 0 Å². The van der Waals surface area contributed by atoms with Crippen LogP contribution in [0.2, 0.25) is 0 Å². The zero-order valence-corrected chi connectivity index (χ0v) is 33.2. The van der Waals surface area contributed by atoms with Crippen LogP contribution in [-0.2, 0) is 21.1 Å². The standard InChI is InChI=1S/C48H36N4O3.Pt/c1-32(2)34-23-24-49-47(27-34)52-43-20-11-10-19-41(43)42-22-21-40(29-44(42)52)53-39-18-12-13-36(28-39)51-31-35(30-50-51)48-45(54-37-14-6-4-7-15-37)25-33(3)26-46(48)55-38-16-8-5-9-17-38;/h4-27,30-32H,1-3H3;/q-2;+2. The molecule has 6 aromatic carbocycles. The summed E-state index contributed by atoms with van der Waals surface area (Å²) in [6.07, 6.45) is 5.63. The summed E-state index contributed by atoms with van der Waals surface area (Å²) in [4.78, 5) is 4.77. The van der Waals surface area contributed by atoms with Crippen molar-refractivity contribution < 1.29 is 35.3 Å². The quantitative estimate of drug-likeness (QED) is 0.128. The Hall–Kier alpha value is -6.43. The number of para-hydroxylation sites is 3. The van der Waals surface area contributed by atoms with Gasteiger partial charge in [0.1, 0.15) is 28.8 Å². The average Bonchev–Trinajstić information content (AvgIpc) is 3.82. The third-order valence-corrected chi connectivity index (χ3v) is 9.47. The Morgan fingerprint density at radius 2 is 1.32 bits per heavy atom. The van der Waals surface area contributed by atoms with Crippen molar-refractivity contribution in [3.05, 3.63) is 181 Å². The maximum atomic E-state index is 6.47. The molecule has 0 aliphatic carbocycles. The Bertz CT molecular complexity index is 2730. The number of ether oxygens (including phenoxy) is 3. The van der Waals surface area contributed by atoms with Gasteiger partial charge in [-0.1, -0.05) is 74.0 Å². The first kappa shape index (κ1) is 36.5. The van der Waals surface area contributed by atoms with Crippen molar-refractivity contribution in [2.24, 2.45) is 0 Å². The van der Waals surface area contributed by atoms with E-state index < -0.39 is 0 Å². The minimum absolute atomic E-state index is 0. The first-order valence-corrected chi connectivity index (χ1v) is 18.2. The van der Waals surface area contributed by atoms with E-state index in [4.69, 9.17) is 24.3 Å². The fourth-order valence-electron chi connectivity index (χ4n) is 6.82. The molecule has 276 valence electrons. The molecule has 9 aromatic rings. The van der Waals surface area contributed by atoms with E-state index in [-0.39, 0.29) is 21.1 Å². The molecule has 8 heteroatoms. The van der Waals surface area contributed by atoms with E-state index in [1.165, 1.54) is 5.56 Å². The van der Waals surface area contributed by atoms with Crippen molar-refractivity contribution in [2.75, 3.05) is 0 Å². The number of hydrogen-bond donors (Lipinski definition) is 0. The molecule has 56 heavy (non-hydrogen) atoms. The van der Waals surface area contributed by atoms with Crippen molar-refractivity contribution in [1.29, 1.82) is 0 Å². The van der Waals surface area contributed by atoms with Crippen molar-refractivity contribution in [1.82, 2.24) is 19.3 Å². The predicted molar refractivity (Wildman–Crippen MR) is 217 cm³/mol. The summed E-state index contributed by atoms with van der Waals surface area (Å²) >= 11 is 0. The van der Waals surface area contributed by atoms with Gasteiger partial charge >= 0.3 is 21.1 Å². The van der Waals surface area contributed by atoms with Crippen LogP contribution in [0.3, 0.4) is 0 Å². The second-order valence-corrected chi connectivity index (χ2v) is 13.7. The fraction of sp³-hybridized carbons (Fsp3) is 0.0833. The molecule has 3 aromatic heterocycles. The first-order chi connectivity index (χ1) is 27.0. The van der Waals surface area contributed by atoms with Crippen LogP contribution in [0.1, 0.15) is 30.9 Å². The molecule has 3 heterocycles. The molecular formula is C48H36N4O3Pt. The molecule has 9 rings (SSSR count). The van der Waals surface area contributed by atoms with Crippen LogP contribution < -0.4 is 14.2 Å². The van der Waals surface area contributed by atoms with Gasteiger partial charge in [0.15, 0.2) is 0 Å². The third kappa shape index (κ3) is 7.34. The van der Waals surface area contributed by atoms with Crippen molar-refractivity contribution in [3.8, 4) is 57.1 Å². The van der Waals surface area contributed by atoms with E-state index in [0.29, 0.717) is 34.6 Å². The molecule has 0 aliphatic rings. The second kappa shape index (κ2) is 15.7. The Balaban J connectivity index is 0.00000441. The van der Waals surface area contributed by atoms with Crippen LogP contribution in [0.15, 0.2) is 158 Å². The number of aryl methyl sites for hydroxylation is 1. The van der Waals surface area contributed by atoms with Crippen LogP contribution in [0.4, 0.5) is 0 Å². The SMILES string of the molecule is Cc1cc(Oc2ccccc2)c(-c2cnn(-c3[c-]c(Oc4[c-]c5c(cc4)c4ccccc4n5-c4cc(C(C)C)ccn4)ccc3)c2)c(Oc2ccccc2)c1.[Pt+2]. The van der Waals surface area contributed by atoms with Crippen LogP contribution in [-0.4, -0.2) is 19.3 Å². The summed E-state index contributed by atoms with van der Waals surface area (Å²) in [5, 5.41) is 6.96. The molecule has 0 bridgehead atoms. The van der Waals surface area contributed by atoms with E-state index in [9.17, 15) is 0 Å². The van der Waals surface area contributed by atoms with Gasteiger partial charge in [0.05, 0.1) is 11.8 Å². The molecule has 0 amide bonds. The number of benzene rings is 6. The Morgan fingerprint density at radius 3 is 2.04 bits per heavy atom. The smallest absolute Gasteiger partial charge is 0.509 e. The average molecular weight is 912 g/mol. The Labute approximate surface area is 340 Å². The molecule has 0 saturated carbocycles. The second-order valence-electron chi connectivity index (χ2n) is 13.7. The number of hydrogen-bond acceptors (Lipinski definition) is 5. The monoisotopic (exact) mass is 911 g/mol. The Kier molecular flexibility index (Phi) is 10.3. The van der Waals surface area contributed by atoms with Gasteiger partial charge in [-0.3, -0.25) is 4.68 Å². The summed E-state index contributed by atoms with van der Waals surface area (Å²) in [6, 6.07) is 52.8. The molecule has 7 nitrogen and oxygen atoms in total. The maximum Gasteiger partial charge on any atom is 2.00 e. The number of pyridine rings is 1. The van der Waals surface area contributed by atoms with Gasteiger partial charge in [-0.2, -0.15) is 17.2 Å². The maximum absolute atomic E-state index is 6.47. The van der Waals surface area contributed by atoms with Gasteiger partial charge in [0.25, 0.3) is 0 Å². The number of aromatic nitrogens is 4. The van der Waals surface area contributed by atoms with Gasteiger partial charge < -0.3 is 18.8 Å². The molecule has 0 saturated heterocycles. The molecule has 0 radical (unpaired) electrons. The summed E-state index contributed by atoms with van der Waals surface area (Å²) < 4.78 is 23.3. The van der Waals surface area contributed by atoms with Crippen LogP contribution in [0.5, 0.6) is 34.5 Å². The molecule has 0 spiro atoms. The van der Waals surface area contributed by atoms with Crippen LogP contribution in [0, 0.1) is 19.1 Å². The topological polar surface area (TPSA) is 63.3 Å². The molecule has 0 atom stereocenters. The van der Waals surface area contributed by atoms with Gasteiger partial charge in [-0.05, 0) is 89.6 Å². The molecule has 0 N–H and O–H groups in total. The summed E-state index contributed by atoms with van der Waals surface area (Å²) in [5.74, 6) is 5.08. The van der Waals surface area contributed by atoms with Crippen molar-refractivity contribution >= 4 is 21.8 Å². The summed E-state index contributed by atoms with van der Waals surface area (Å²) in [5.41, 5.74) is 6.48. The normalized spacial score (nSPS) is 11.1. The van der Waals surface area contributed by atoms with E-state index in [2.05, 4.69) is 73.0 Å². The fourth-order valence-corrected chi connectivity index (χ4v) is 6.82. The molecule has 0 unspecified atom stereocenters. The van der Waals surface area contributed by atoms with Gasteiger partial charge in [-0.15, -0.1) is 35.7 Å². The number of rotatable bonds is 10. The van der Waals surface area contributed by atoms with E-state index in [1.807, 2.05) is 123 Å². The molecular weight excluding hydrogens is 876 g/mol. The minimum Gasteiger partial charge on any atom is -0.509 e. The third-order valence-electron chi connectivity index (χ3n) is 9.47. The summed E-state index contributed by atoms with van der Waals surface area (Å²) in [6.45, 7) is 6.41. The van der Waals surface area contributed by atoms with E-state index >= 15 is 0 Å². The van der Waals surface area contributed by atoms with Gasteiger partial charge in [-0.25, -0.2) is 4.98 Å². The first-order valence-electron chi connectivity index (χ1n) is 18.2. The van der Waals surface area contributed by atoms with Gasteiger partial charge in [0, 0.05) is 35.0 Å². The van der Waals surface area contributed by atoms with Crippen molar-refractivity contribution in [3.63, 3.8) is 0 Å². The van der Waals surface area contributed by atoms with E-state index in [0.717, 1.165) is 55.8 Å². The summed E-state index contributed by atoms with van der Waals surface area (Å²) in [7, 11) is 0. The van der Waals surface area contributed by atoms with E-state index in [1.54, 1.807) is 4.68 Å². The number of fused-ring (bicyclic) bond motifs is 3. The largest absolute Gasteiger partial charge is 2.00 e. The zero-order valence-electron chi connectivity index (χ0n) is 30.9. The van der Waals surface area contributed by atoms with Crippen LogP contribution in [0.25, 0.3) is 44.4 Å². The van der Waals surface area contributed by atoms with Crippen molar-refractivity contribution in [2.45, 2.75) is 26.7 Å². The zero-order chi connectivity index (χ0) is 37.3. The Morgan fingerprint density at radius 1 is 0.643 bits per heavy atom. The van der Waals surface area contributed by atoms with Gasteiger partial charge in [0.2, 0.25) is 0 Å². The number of nitrogens with zero attached hydrogens (tertiary/aromatic N) is 4. The predicted octanol–water partition coefficient (Wildman–Crippen LogP) is 12.4. The minimum atomic E-state index is 0.